The predicted octanol–water partition coefficient (Wildman–Crippen LogP) is 2.82. The van der Waals surface area contributed by atoms with Crippen LogP contribution in [0, 0.1) is 5.92 Å². The second-order valence-electron chi connectivity index (χ2n) is 6.12. The monoisotopic (exact) mass is 298 g/mol. The van der Waals surface area contributed by atoms with Gasteiger partial charge in [0.1, 0.15) is 6.04 Å². The molecule has 0 aromatic carbocycles. The Bertz CT molecular complexity index is 276. The van der Waals surface area contributed by atoms with Crippen molar-refractivity contribution >= 4 is 5.97 Å². The van der Waals surface area contributed by atoms with E-state index in [0.717, 1.165) is 31.8 Å². The molecule has 0 amide bonds. The fraction of sp³-hybridized carbons (Fsp3) is 0.941. The van der Waals surface area contributed by atoms with Gasteiger partial charge in [-0.05, 0) is 58.2 Å². The first-order valence-electron chi connectivity index (χ1n) is 8.83. The number of hydrogen-bond acceptors (Lipinski definition) is 4. The Kier molecular flexibility index (Phi) is 9.68. The molecule has 1 heterocycles. The number of likely N-dealkylation sites (tertiary alicyclic amines) is 1. The smallest absolute Gasteiger partial charge is 0.323 e. The Balaban J connectivity index is 2.30. The van der Waals surface area contributed by atoms with Crippen molar-refractivity contribution in [1.82, 2.24) is 10.2 Å². The van der Waals surface area contributed by atoms with E-state index in [-0.39, 0.29) is 12.0 Å². The summed E-state index contributed by atoms with van der Waals surface area (Å²) in [6.07, 6.45) is 7.21. The van der Waals surface area contributed by atoms with E-state index in [4.69, 9.17) is 4.74 Å². The molecule has 0 saturated carbocycles. The van der Waals surface area contributed by atoms with Crippen molar-refractivity contribution in [1.29, 1.82) is 0 Å². The maximum atomic E-state index is 12.0. The van der Waals surface area contributed by atoms with E-state index in [2.05, 4.69) is 24.1 Å². The summed E-state index contributed by atoms with van der Waals surface area (Å²) in [5.41, 5.74) is 0. The summed E-state index contributed by atoms with van der Waals surface area (Å²) in [5.74, 6) is 0.831. The molecular formula is C17H34N2O2. The lowest BCUT2D eigenvalue weighted by atomic mass is 9.92. The first-order valence-corrected chi connectivity index (χ1v) is 8.83. The Morgan fingerprint density at radius 2 is 1.95 bits per heavy atom. The third-order valence-corrected chi connectivity index (χ3v) is 4.35. The molecule has 1 unspecified atom stereocenters. The van der Waals surface area contributed by atoms with E-state index in [1.54, 1.807) is 0 Å². The molecular weight excluding hydrogens is 264 g/mol. The van der Waals surface area contributed by atoms with Crippen LogP contribution < -0.4 is 5.32 Å². The molecule has 0 spiro atoms. The number of nitrogens with one attached hydrogen (secondary N) is 1. The van der Waals surface area contributed by atoms with Gasteiger partial charge in [0.15, 0.2) is 0 Å². The number of piperidine rings is 1. The minimum Gasteiger partial charge on any atom is -0.465 e. The number of carbonyl (C=O) groups is 1. The second-order valence-corrected chi connectivity index (χ2v) is 6.12. The van der Waals surface area contributed by atoms with Gasteiger partial charge in [0, 0.05) is 6.54 Å². The zero-order valence-electron chi connectivity index (χ0n) is 14.2. The van der Waals surface area contributed by atoms with E-state index in [9.17, 15) is 4.79 Å². The highest BCUT2D eigenvalue weighted by atomic mass is 16.5. The summed E-state index contributed by atoms with van der Waals surface area (Å²) >= 11 is 0. The van der Waals surface area contributed by atoms with Crippen LogP contribution in [0.15, 0.2) is 0 Å². The summed E-state index contributed by atoms with van der Waals surface area (Å²) < 4.78 is 5.17. The number of rotatable bonds is 10. The molecule has 0 aliphatic carbocycles. The Hall–Kier alpha value is -0.610. The highest BCUT2D eigenvalue weighted by molar-refractivity contribution is 5.75. The zero-order chi connectivity index (χ0) is 15.5. The van der Waals surface area contributed by atoms with Gasteiger partial charge in [-0.2, -0.15) is 0 Å². The summed E-state index contributed by atoms with van der Waals surface area (Å²) in [5, 5.41) is 3.32. The van der Waals surface area contributed by atoms with E-state index in [1.165, 1.54) is 38.8 Å². The quantitative estimate of drug-likeness (QED) is 0.630. The normalized spacial score (nSPS) is 18.6. The van der Waals surface area contributed by atoms with Gasteiger partial charge < -0.3 is 15.0 Å². The van der Waals surface area contributed by atoms with Crippen molar-refractivity contribution in [2.75, 3.05) is 32.8 Å². The first kappa shape index (κ1) is 18.4. The zero-order valence-corrected chi connectivity index (χ0v) is 14.2. The van der Waals surface area contributed by atoms with Gasteiger partial charge in [-0.3, -0.25) is 4.79 Å². The van der Waals surface area contributed by atoms with Crippen LogP contribution in [0.4, 0.5) is 0 Å². The minimum atomic E-state index is -0.140. The van der Waals surface area contributed by atoms with Crippen LogP contribution in [0.25, 0.3) is 0 Å². The average Bonchev–Trinajstić information content (AvgIpc) is 2.49. The summed E-state index contributed by atoms with van der Waals surface area (Å²) in [4.78, 5) is 14.5. The standard InChI is InChI=1S/C17H34N2O2/c1-4-7-15-8-12-19(13-9-15)14-10-16(18-11-5-2)17(20)21-6-3/h15-16,18H,4-14H2,1-3H3. The van der Waals surface area contributed by atoms with E-state index in [0.29, 0.717) is 6.61 Å². The SMILES string of the molecule is CCCNC(CCN1CCC(CCC)CC1)C(=O)OCC. The maximum absolute atomic E-state index is 12.0. The molecule has 1 saturated heterocycles. The molecule has 0 radical (unpaired) electrons. The van der Waals surface area contributed by atoms with Crippen molar-refractivity contribution in [3.05, 3.63) is 0 Å². The average molecular weight is 298 g/mol. The van der Waals surface area contributed by atoms with E-state index >= 15 is 0 Å². The highest BCUT2D eigenvalue weighted by Crippen LogP contribution is 2.21. The fourth-order valence-corrected chi connectivity index (χ4v) is 3.08. The molecule has 1 aliphatic rings. The fourth-order valence-electron chi connectivity index (χ4n) is 3.08. The lowest BCUT2D eigenvalue weighted by molar-refractivity contribution is -0.146. The summed E-state index contributed by atoms with van der Waals surface area (Å²) in [6.45, 7) is 11.0. The maximum Gasteiger partial charge on any atom is 0.323 e. The molecule has 4 nitrogen and oxygen atoms in total. The summed E-state index contributed by atoms with van der Waals surface area (Å²) in [6, 6.07) is -0.140. The van der Waals surface area contributed by atoms with Crippen molar-refractivity contribution in [2.24, 2.45) is 5.92 Å². The Labute approximate surface area is 130 Å². The molecule has 21 heavy (non-hydrogen) atoms. The van der Waals surface area contributed by atoms with Crippen LogP contribution >= 0.6 is 0 Å². The molecule has 1 N–H and O–H groups in total. The number of carbonyl (C=O) groups excluding carboxylic acids is 1. The van der Waals surface area contributed by atoms with Crippen molar-refractivity contribution in [2.45, 2.75) is 65.3 Å². The van der Waals surface area contributed by atoms with Gasteiger partial charge in [-0.15, -0.1) is 0 Å². The van der Waals surface area contributed by atoms with Gasteiger partial charge in [0.05, 0.1) is 6.61 Å². The van der Waals surface area contributed by atoms with Crippen LogP contribution in [0.5, 0.6) is 0 Å². The molecule has 1 atom stereocenters. The lowest BCUT2D eigenvalue weighted by Crippen LogP contribution is -2.43. The molecule has 4 heteroatoms. The third kappa shape index (κ3) is 7.28. The van der Waals surface area contributed by atoms with Crippen LogP contribution in [0.1, 0.15) is 59.3 Å². The van der Waals surface area contributed by atoms with Gasteiger partial charge >= 0.3 is 5.97 Å². The number of hydrogen-bond donors (Lipinski definition) is 1. The van der Waals surface area contributed by atoms with Gasteiger partial charge in [0.25, 0.3) is 0 Å². The van der Waals surface area contributed by atoms with Gasteiger partial charge in [0.2, 0.25) is 0 Å². The minimum absolute atomic E-state index is 0.0909. The molecule has 0 aromatic heterocycles. The molecule has 0 aromatic rings. The van der Waals surface area contributed by atoms with E-state index in [1.807, 2.05) is 6.92 Å². The van der Waals surface area contributed by atoms with Crippen molar-refractivity contribution < 1.29 is 9.53 Å². The lowest BCUT2D eigenvalue weighted by Gasteiger charge is -2.32. The Morgan fingerprint density at radius 1 is 1.24 bits per heavy atom. The third-order valence-electron chi connectivity index (χ3n) is 4.35. The van der Waals surface area contributed by atoms with Gasteiger partial charge in [-0.25, -0.2) is 0 Å². The molecule has 1 aliphatic heterocycles. The van der Waals surface area contributed by atoms with Crippen molar-refractivity contribution in [3.63, 3.8) is 0 Å². The Morgan fingerprint density at radius 3 is 2.52 bits per heavy atom. The number of ether oxygens (including phenoxy) is 1. The van der Waals surface area contributed by atoms with E-state index < -0.39 is 0 Å². The van der Waals surface area contributed by atoms with Gasteiger partial charge in [-0.1, -0.05) is 26.7 Å². The summed E-state index contributed by atoms with van der Waals surface area (Å²) in [7, 11) is 0. The molecule has 1 rings (SSSR count). The van der Waals surface area contributed by atoms with Crippen LogP contribution in [0.3, 0.4) is 0 Å². The largest absolute Gasteiger partial charge is 0.465 e. The van der Waals surface area contributed by atoms with Crippen molar-refractivity contribution in [3.8, 4) is 0 Å². The second kappa shape index (κ2) is 11.0. The van der Waals surface area contributed by atoms with Crippen LogP contribution in [-0.2, 0) is 9.53 Å². The number of nitrogens with zero attached hydrogens (tertiary/aromatic N) is 1. The van der Waals surface area contributed by atoms with Crippen LogP contribution in [-0.4, -0.2) is 49.7 Å². The number of esters is 1. The predicted molar refractivity (Wildman–Crippen MR) is 87.4 cm³/mol. The topological polar surface area (TPSA) is 41.6 Å². The molecule has 0 bridgehead atoms. The van der Waals surface area contributed by atoms with Crippen LogP contribution in [0.2, 0.25) is 0 Å². The first-order chi connectivity index (χ1) is 10.2. The molecule has 124 valence electrons. The highest BCUT2D eigenvalue weighted by Gasteiger charge is 2.22. The molecule has 1 fully saturated rings.